The van der Waals surface area contributed by atoms with Gasteiger partial charge in [-0.3, -0.25) is 4.79 Å². The highest BCUT2D eigenvalue weighted by molar-refractivity contribution is 9.10. The van der Waals surface area contributed by atoms with Crippen LogP contribution >= 0.6 is 15.9 Å². The monoisotopic (exact) mass is 347 g/mol. The average molecular weight is 348 g/mol. The van der Waals surface area contributed by atoms with Crippen LogP contribution in [0, 0.1) is 6.92 Å². The van der Waals surface area contributed by atoms with Gasteiger partial charge in [0, 0.05) is 17.2 Å². The Morgan fingerprint density at radius 1 is 1.29 bits per heavy atom. The Morgan fingerprint density at radius 2 is 2.10 bits per heavy atom. The Balaban J connectivity index is 2.07. The molecule has 4 nitrogen and oxygen atoms in total. The summed E-state index contributed by atoms with van der Waals surface area (Å²) in [6.07, 6.45) is 2.61. The molecule has 2 rings (SSSR count). The fraction of sp³-hybridized carbons (Fsp3) is 0.250. The predicted octanol–water partition coefficient (Wildman–Crippen LogP) is 4.23. The molecule has 0 radical (unpaired) electrons. The molecule has 0 unspecified atom stereocenters. The number of aromatic nitrogens is 1. The highest BCUT2D eigenvalue weighted by atomic mass is 79.9. The summed E-state index contributed by atoms with van der Waals surface area (Å²) in [7, 11) is 0. The van der Waals surface area contributed by atoms with Crippen molar-refractivity contribution >= 4 is 33.3 Å². The molecule has 0 aliphatic carbocycles. The molecule has 2 aromatic rings. The number of anilines is 2. The molecule has 2 N–H and O–H groups in total. The minimum Gasteiger partial charge on any atom is -0.370 e. The van der Waals surface area contributed by atoms with Gasteiger partial charge in [-0.15, -0.1) is 0 Å². The first kappa shape index (κ1) is 15.5. The lowest BCUT2D eigenvalue weighted by atomic mass is 10.2. The van der Waals surface area contributed by atoms with Crippen molar-refractivity contribution in [2.45, 2.75) is 20.3 Å². The van der Waals surface area contributed by atoms with E-state index >= 15 is 0 Å². The molecule has 1 heterocycles. The van der Waals surface area contributed by atoms with Gasteiger partial charge in [0.05, 0.1) is 11.3 Å². The lowest BCUT2D eigenvalue weighted by Crippen LogP contribution is -2.13. The molecule has 0 saturated heterocycles. The number of nitrogens with zero attached hydrogens (tertiary/aromatic N) is 1. The number of amides is 1. The van der Waals surface area contributed by atoms with Crippen LogP contribution in [0.1, 0.15) is 29.3 Å². The van der Waals surface area contributed by atoms with E-state index in [4.69, 9.17) is 0 Å². The molecule has 1 aromatic heterocycles. The highest BCUT2D eigenvalue weighted by Gasteiger charge is 2.09. The van der Waals surface area contributed by atoms with E-state index in [1.54, 1.807) is 12.3 Å². The zero-order valence-electron chi connectivity index (χ0n) is 12.1. The average Bonchev–Trinajstić information content (AvgIpc) is 2.49. The van der Waals surface area contributed by atoms with Crippen LogP contribution in [0.3, 0.4) is 0 Å². The van der Waals surface area contributed by atoms with Gasteiger partial charge < -0.3 is 10.6 Å². The van der Waals surface area contributed by atoms with Crippen LogP contribution < -0.4 is 10.6 Å². The number of carbonyl (C=O) groups excluding carboxylic acids is 1. The largest absolute Gasteiger partial charge is 0.370 e. The number of pyridine rings is 1. The third kappa shape index (κ3) is 4.29. The minimum absolute atomic E-state index is 0.171. The standard InChI is InChI=1S/C16H18BrN3O/c1-3-8-18-15-7-5-12(10-19-15)16(21)20-14-9-11(2)4-6-13(14)17/h4-7,9-10H,3,8H2,1-2H3,(H,18,19)(H,20,21). The molecule has 5 heteroatoms. The lowest BCUT2D eigenvalue weighted by Gasteiger charge is -2.09. The van der Waals surface area contributed by atoms with Gasteiger partial charge in [-0.05, 0) is 59.1 Å². The van der Waals surface area contributed by atoms with Crippen molar-refractivity contribution in [3.8, 4) is 0 Å². The first-order valence-corrected chi connectivity index (χ1v) is 7.67. The van der Waals surface area contributed by atoms with Gasteiger partial charge >= 0.3 is 0 Å². The number of nitrogens with one attached hydrogen (secondary N) is 2. The number of aryl methyl sites for hydroxylation is 1. The number of hydrogen-bond acceptors (Lipinski definition) is 3. The number of halogens is 1. The topological polar surface area (TPSA) is 54.0 Å². The fourth-order valence-electron chi connectivity index (χ4n) is 1.82. The number of carbonyl (C=O) groups is 1. The maximum absolute atomic E-state index is 12.2. The third-order valence-electron chi connectivity index (χ3n) is 2.95. The van der Waals surface area contributed by atoms with Crippen LogP contribution in [-0.4, -0.2) is 17.4 Å². The van der Waals surface area contributed by atoms with Gasteiger partial charge in [0.2, 0.25) is 0 Å². The zero-order chi connectivity index (χ0) is 15.2. The van der Waals surface area contributed by atoms with Crippen LogP contribution in [0.25, 0.3) is 0 Å². The van der Waals surface area contributed by atoms with Gasteiger partial charge in [-0.2, -0.15) is 0 Å². The molecule has 0 aliphatic rings. The lowest BCUT2D eigenvalue weighted by molar-refractivity contribution is 0.102. The number of hydrogen-bond donors (Lipinski definition) is 2. The molecule has 1 amide bonds. The van der Waals surface area contributed by atoms with E-state index in [2.05, 4.69) is 38.5 Å². The highest BCUT2D eigenvalue weighted by Crippen LogP contribution is 2.23. The van der Waals surface area contributed by atoms with Crippen LogP contribution in [0.5, 0.6) is 0 Å². The summed E-state index contributed by atoms with van der Waals surface area (Å²) in [5.74, 6) is 0.612. The van der Waals surface area contributed by atoms with E-state index in [1.807, 2.05) is 31.2 Å². The molecule has 0 saturated carbocycles. The SMILES string of the molecule is CCCNc1ccc(C(=O)Nc2cc(C)ccc2Br)cn1. The smallest absolute Gasteiger partial charge is 0.257 e. The second kappa shape index (κ2) is 7.22. The van der Waals surface area contributed by atoms with Crippen molar-refractivity contribution in [2.75, 3.05) is 17.2 Å². The second-order valence-electron chi connectivity index (χ2n) is 4.80. The third-order valence-corrected chi connectivity index (χ3v) is 3.64. The van der Waals surface area contributed by atoms with E-state index < -0.39 is 0 Å². The van der Waals surface area contributed by atoms with Crippen molar-refractivity contribution in [3.05, 3.63) is 52.1 Å². The van der Waals surface area contributed by atoms with Gasteiger partial charge in [-0.1, -0.05) is 13.0 Å². The predicted molar refractivity (Wildman–Crippen MR) is 89.8 cm³/mol. The molecule has 0 atom stereocenters. The molecule has 0 spiro atoms. The number of benzene rings is 1. The molecule has 0 fully saturated rings. The zero-order valence-corrected chi connectivity index (χ0v) is 13.7. The van der Waals surface area contributed by atoms with Gasteiger partial charge in [-0.25, -0.2) is 4.98 Å². The van der Waals surface area contributed by atoms with Gasteiger partial charge in [0.15, 0.2) is 0 Å². The van der Waals surface area contributed by atoms with Crippen LogP contribution in [0.4, 0.5) is 11.5 Å². The van der Waals surface area contributed by atoms with E-state index in [-0.39, 0.29) is 5.91 Å². The second-order valence-corrected chi connectivity index (χ2v) is 5.65. The summed E-state index contributed by atoms with van der Waals surface area (Å²) in [6, 6.07) is 9.41. The fourth-order valence-corrected chi connectivity index (χ4v) is 2.16. The molecule has 0 bridgehead atoms. The summed E-state index contributed by atoms with van der Waals surface area (Å²) in [5, 5.41) is 6.06. The van der Waals surface area contributed by atoms with E-state index in [1.165, 1.54) is 0 Å². The maximum atomic E-state index is 12.2. The van der Waals surface area contributed by atoms with Gasteiger partial charge in [0.1, 0.15) is 5.82 Å². The Labute approximate surface area is 133 Å². The molecule has 110 valence electrons. The molecular formula is C16H18BrN3O. The summed E-state index contributed by atoms with van der Waals surface area (Å²) in [5.41, 5.74) is 2.38. The first-order chi connectivity index (χ1) is 10.1. The molecule has 0 aliphatic heterocycles. The van der Waals surface area contributed by atoms with Crippen LogP contribution in [0.15, 0.2) is 41.0 Å². The Kier molecular flexibility index (Phi) is 5.33. The van der Waals surface area contributed by atoms with Crippen molar-refractivity contribution in [3.63, 3.8) is 0 Å². The summed E-state index contributed by atoms with van der Waals surface area (Å²) in [6.45, 7) is 4.95. The maximum Gasteiger partial charge on any atom is 0.257 e. The van der Waals surface area contributed by atoms with Gasteiger partial charge in [0.25, 0.3) is 5.91 Å². The quantitative estimate of drug-likeness (QED) is 0.850. The number of rotatable bonds is 5. The minimum atomic E-state index is -0.171. The van der Waals surface area contributed by atoms with Crippen LogP contribution in [-0.2, 0) is 0 Å². The first-order valence-electron chi connectivity index (χ1n) is 6.87. The van der Waals surface area contributed by atoms with Crippen molar-refractivity contribution < 1.29 is 4.79 Å². The molecule has 21 heavy (non-hydrogen) atoms. The van der Waals surface area contributed by atoms with Crippen molar-refractivity contribution in [1.29, 1.82) is 0 Å². The summed E-state index contributed by atoms with van der Waals surface area (Å²) < 4.78 is 0.857. The Morgan fingerprint density at radius 3 is 2.76 bits per heavy atom. The molecular weight excluding hydrogens is 330 g/mol. The normalized spacial score (nSPS) is 10.2. The van der Waals surface area contributed by atoms with E-state index in [0.29, 0.717) is 5.56 Å². The molecule has 1 aromatic carbocycles. The van der Waals surface area contributed by atoms with E-state index in [9.17, 15) is 4.79 Å². The Hall–Kier alpha value is -1.88. The summed E-state index contributed by atoms with van der Waals surface area (Å²) in [4.78, 5) is 16.4. The van der Waals surface area contributed by atoms with Crippen LogP contribution in [0.2, 0.25) is 0 Å². The Bertz CT molecular complexity index is 626. The van der Waals surface area contributed by atoms with Crippen molar-refractivity contribution in [2.24, 2.45) is 0 Å². The van der Waals surface area contributed by atoms with E-state index in [0.717, 1.165) is 34.5 Å². The van der Waals surface area contributed by atoms with Crippen molar-refractivity contribution in [1.82, 2.24) is 4.98 Å². The summed E-state index contributed by atoms with van der Waals surface area (Å²) >= 11 is 3.43.